The molecule has 4 atom stereocenters. The van der Waals surface area contributed by atoms with Gasteiger partial charge in [-0.1, -0.05) is 13.8 Å². The minimum atomic E-state index is -3.53. The van der Waals surface area contributed by atoms with Gasteiger partial charge in [-0.25, -0.2) is 84.9 Å². The monoisotopic (exact) mass is 1940 g/mol. The number of aromatic nitrogens is 15. The molecule has 0 saturated carbocycles. The van der Waals surface area contributed by atoms with E-state index in [4.69, 9.17) is 4.74 Å². The minimum absolute atomic E-state index is 0.0135. The number of fused-ring (bicyclic) bond motifs is 4. The predicted octanol–water partition coefficient (Wildman–Crippen LogP) is 12.2. The highest BCUT2D eigenvalue weighted by atomic mass is 32.2. The smallest absolute Gasteiger partial charge is 0.254 e. The van der Waals surface area contributed by atoms with E-state index in [0.717, 1.165) is 54.3 Å². The first-order valence-corrected chi connectivity index (χ1v) is 50.6. The molecule has 134 heavy (non-hydrogen) atoms. The van der Waals surface area contributed by atoms with Gasteiger partial charge in [0.25, 0.3) is 23.6 Å². The largest absolute Gasteiger partial charge is 0.379 e. The Labute approximate surface area is 774 Å². The number of ether oxygens (including phenoxy) is 1. The zero-order valence-corrected chi connectivity index (χ0v) is 77.6. The number of thiazole rings is 1. The van der Waals surface area contributed by atoms with Crippen molar-refractivity contribution in [3.63, 3.8) is 0 Å². The summed E-state index contributed by atoms with van der Waals surface area (Å²) in [6, 6.07) is 29.7. The van der Waals surface area contributed by atoms with Gasteiger partial charge in [0.05, 0.1) is 159 Å². The van der Waals surface area contributed by atoms with Crippen molar-refractivity contribution < 1.29 is 75.1 Å². The lowest BCUT2D eigenvalue weighted by Crippen LogP contribution is -2.39. The number of nitrogens with one attached hydrogen (secondary N) is 5. The maximum atomic E-state index is 13.6. The highest BCUT2D eigenvalue weighted by molar-refractivity contribution is 7.92. The SMILES string of the molecule is CC[C@H](NC(=O)c1cncc2c1cnn2-c1ccc(F)cc1)c1cc(S(C)(=O)=O)cs1.CC[C@H](NC(=O)c1cncc2c1cnn2-c1ccc(F)cc1)c1cnc(S(C)(=O)=O)s1.CNCC[C@H](NC(=O)c1cncc2c1cnn2-c1ccc(F)cc1)c1ccnc(S(C)(=O)=O)c1.CS(=O)(=O)c1cc([C@H](CCN2CCOCC2)NC(=O)c2cncc3c2cnn3-c2ccc(F)cc2)ccn1. The molecule has 0 radical (unpaired) electrons. The third-order valence-electron chi connectivity index (χ3n) is 21.4. The van der Waals surface area contributed by atoms with Crippen LogP contribution in [0.1, 0.15) is 126 Å². The number of nitrogens with zero attached hydrogens (tertiary/aromatic N) is 16. The molecule has 1 fully saturated rings. The van der Waals surface area contributed by atoms with Crippen molar-refractivity contribution in [2.45, 2.75) is 83.0 Å². The number of thiophene rings is 1. The number of carbonyl (C=O) groups excluding carboxylic acids is 4. The summed E-state index contributed by atoms with van der Waals surface area (Å²) >= 11 is 2.34. The van der Waals surface area contributed by atoms with Gasteiger partial charge < -0.3 is 31.3 Å². The molecule has 0 unspecified atom stereocenters. The number of hydrogen-bond acceptors (Lipinski definition) is 28. The number of benzene rings is 4. The van der Waals surface area contributed by atoms with Crippen LogP contribution in [-0.4, -0.2) is 208 Å². The van der Waals surface area contributed by atoms with E-state index in [1.165, 1.54) is 115 Å². The van der Waals surface area contributed by atoms with Crippen molar-refractivity contribution in [2.75, 3.05) is 71.5 Å². The quantitative estimate of drug-likeness (QED) is 0.0284. The fourth-order valence-electron chi connectivity index (χ4n) is 14.4. The van der Waals surface area contributed by atoms with E-state index < -0.39 is 57.5 Å². The van der Waals surface area contributed by atoms with Gasteiger partial charge in [0.2, 0.25) is 14.2 Å². The Kier molecular flexibility index (Phi) is 30.2. The van der Waals surface area contributed by atoms with Crippen LogP contribution in [-0.2, 0) is 44.1 Å². The number of carbonyl (C=O) groups is 4. The first-order valence-electron chi connectivity index (χ1n) is 41.4. The van der Waals surface area contributed by atoms with Crippen molar-refractivity contribution in [2.24, 2.45) is 0 Å². The summed E-state index contributed by atoms with van der Waals surface area (Å²) in [5, 5.41) is 36.2. The Bertz CT molecular complexity index is 7260. The Morgan fingerprint density at radius 1 is 0.410 bits per heavy atom. The van der Waals surface area contributed by atoms with Crippen molar-refractivity contribution in [3.05, 3.63) is 292 Å². The molecule has 4 amide bonds. The molecule has 4 aromatic carbocycles. The Balaban J connectivity index is 0.000000144. The highest BCUT2D eigenvalue weighted by Crippen LogP contribution is 2.34. The van der Waals surface area contributed by atoms with E-state index in [1.54, 1.807) is 147 Å². The molecule has 34 nitrogen and oxygen atoms in total. The summed E-state index contributed by atoms with van der Waals surface area (Å²) in [5.74, 6) is -2.87. The fraction of sp³-hybridized carbons (Fsp3) is 0.233. The average Bonchev–Trinajstić information content (AvgIpc) is 1.64. The topological polar surface area (TPSA) is 439 Å². The molecule has 0 spiro atoms. The van der Waals surface area contributed by atoms with Gasteiger partial charge in [-0.15, -0.1) is 22.7 Å². The Morgan fingerprint density at radius 2 is 0.754 bits per heavy atom. The average molecular weight is 1940 g/mol. The fourth-order valence-corrected chi connectivity index (χ4v) is 19.7. The van der Waals surface area contributed by atoms with Gasteiger partial charge in [-0.05, 0) is 178 Å². The van der Waals surface area contributed by atoms with Crippen molar-refractivity contribution >= 4 is 129 Å². The van der Waals surface area contributed by atoms with Gasteiger partial charge in [-0.2, -0.15) is 20.4 Å². The normalized spacial score (nSPS) is 13.5. The first-order chi connectivity index (χ1) is 64.1. The van der Waals surface area contributed by atoms with E-state index in [0.29, 0.717) is 157 Å². The zero-order valence-electron chi connectivity index (χ0n) is 72.7. The standard InChI is InChI=1S/C26H27FN6O4S.C23H23FN6O3S.C21H19FN4O3S2.C20H18FN5O3S2/c1-38(35,36)25-14-18(6-8-29-25)23(7-9-32-10-12-37-13-11-32)31-26(34)22-15-28-17-24-21(22)16-30-33(24)20-4-2-19(27)3-5-20;1-25-9-8-20(15-7-10-27-22(11-15)34(2,32)33)29-23(31)19-12-26-14-21-18(19)13-28-30(21)17-5-3-16(24)4-6-17;1-3-18(20-8-15(12-30-20)31(2,28)29)25-21(27)17-9-23-11-19-16(17)10-24-26(19)14-6-4-13(22)5-7-14;1-3-16(18-11-23-20(30-18)31(2,28)29)25-19(27)15-8-22-10-17-14(15)9-24-26(17)13-6-4-12(21)5-7-13/h2-6,8,14-17,23H,7,9-13H2,1H3,(H,31,34);3-7,10-14,20,25H,8-9H2,1-2H3,(H,29,31);4-12,18H,3H2,1-2H3,(H,25,27);4-11,16H,3H2,1-2H3,(H,25,27)/t23-;20-;18-;16-/m0000/s1. The van der Waals surface area contributed by atoms with E-state index in [-0.39, 0.29) is 72.2 Å². The van der Waals surface area contributed by atoms with E-state index in [1.807, 2.05) is 13.8 Å². The van der Waals surface area contributed by atoms with Gasteiger partial charge in [0.15, 0.2) is 39.6 Å². The maximum Gasteiger partial charge on any atom is 0.254 e. The second-order valence-electron chi connectivity index (χ2n) is 30.8. The van der Waals surface area contributed by atoms with Crippen LogP contribution in [0.5, 0.6) is 0 Å². The molecule has 16 aromatic rings. The molecule has 1 aliphatic rings. The molecule has 1 aliphatic heterocycles. The van der Waals surface area contributed by atoms with Crippen LogP contribution in [0.15, 0.2) is 245 Å². The van der Waals surface area contributed by atoms with Crippen molar-refractivity contribution in [1.29, 1.82) is 0 Å². The lowest BCUT2D eigenvalue weighted by Gasteiger charge is -2.29. The molecule has 5 N–H and O–H groups in total. The van der Waals surface area contributed by atoms with Crippen LogP contribution in [0.3, 0.4) is 0 Å². The molecule has 17 rings (SSSR count). The van der Waals surface area contributed by atoms with Crippen LogP contribution < -0.4 is 26.6 Å². The number of pyridine rings is 6. The molecule has 44 heteroatoms. The summed E-state index contributed by atoms with van der Waals surface area (Å²) in [4.78, 5) is 85.5. The molecular weight excluding hydrogens is 1850 g/mol. The molecule has 0 aliphatic carbocycles. The minimum Gasteiger partial charge on any atom is -0.379 e. The predicted molar refractivity (Wildman–Crippen MR) is 494 cm³/mol. The Morgan fingerprint density at radius 3 is 1.07 bits per heavy atom. The summed E-state index contributed by atoms with van der Waals surface area (Å²) in [7, 11) is -11.9. The van der Waals surface area contributed by atoms with Crippen LogP contribution in [0.25, 0.3) is 66.4 Å². The number of halogens is 4. The lowest BCUT2D eigenvalue weighted by atomic mass is 10.0. The summed E-state index contributed by atoms with van der Waals surface area (Å²) in [6.45, 7) is 7.95. The zero-order chi connectivity index (χ0) is 95.3. The van der Waals surface area contributed by atoms with Crippen molar-refractivity contribution in [3.8, 4) is 22.7 Å². The summed E-state index contributed by atoms with van der Waals surface area (Å²) in [5.41, 5.74) is 7.55. The van der Waals surface area contributed by atoms with Gasteiger partial charge in [0, 0.05) is 125 Å². The maximum absolute atomic E-state index is 13.6. The summed E-state index contributed by atoms with van der Waals surface area (Å²) < 4.78 is 160. The molecule has 1 saturated heterocycles. The Hall–Kier alpha value is -13.7. The molecular formula is C90H87F4N21O13S6. The molecule has 12 aromatic heterocycles. The number of hydrogen-bond donors (Lipinski definition) is 5. The second-order valence-corrected chi connectivity index (χ2v) is 41.0. The highest BCUT2D eigenvalue weighted by Gasteiger charge is 2.29. The molecule has 694 valence electrons. The first kappa shape index (κ1) is 96.3. The van der Waals surface area contributed by atoms with E-state index in [9.17, 15) is 70.4 Å². The lowest BCUT2D eigenvalue weighted by molar-refractivity contribution is 0.0360. The number of rotatable bonds is 28. The van der Waals surface area contributed by atoms with E-state index >= 15 is 0 Å². The van der Waals surface area contributed by atoms with Gasteiger partial charge >= 0.3 is 0 Å². The van der Waals surface area contributed by atoms with E-state index in [2.05, 4.69) is 86.8 Å². The second kappa shape index (κ2) is 42.0. The number of morpholine rings is 1. The van der Waals surface area contributed by atoms with Crippen LogP contribution in [0, 0.1) is 23.3 Å². The van der Waals surface area contributed by atoms with Gasteiger partial charge in [0.1, 0.15) is 23.3 Å². The summed E-state index contributed by atoms with van der Waals surface area (Å²) in [6.07, 6.45) is 29.5. The molecule has 0 bridgehead atoms. The third-order valence-corrected chi connectivity index (χ3v) is 28.5. The number of amides is 4. The third kappa shape index (κ3) is 23.1. The van der Waals surface area contributed by atoms with Crippen LogP contribution >= 0.6 is 22.7 Å². The van der Waals surface area contributed by atoms with Gasteiger partial charge in [-0.3, -0.25) is 44.0 Å². The van der Waals surface area contributed by atoms with Crippen LogP contribution in [0.4, 0.5) is 17.6 Å². The number of sulfone groups is 4. The van der Waals surface area contributed by atoms with Crippen molar-refractivity contribution in [1.82, 2.24) is 105 Å². The molecule has 13 heterocycles. The van der Waals surface area contributed by atoms with Crippen LogP contribution in [0.2, 0.25) is 0 Å².